The smallest absolute Gasteiger partial charge is 0.143 e. The van der Waals surface area contributed by atoms with E-state index < -0.39 is 0 Å². The van der Waals surface area contributed by atoms with E-state index in [1.807, 2.05) is 24.3 Å². The first-order valence-corrected chi connectivity index (χ1v) is 16.6. The van der Waals surface area contributed by atoms with Crippen molar-refractivity contribution in [2.24, 2.45) is 0 Å². The van der Waals surface area contributed by atoms with Gasteiger partial charge in [0, 0.05) is 50.1 Å². The Balaban J connectivity index is 1.20. The van der Waals surface area contributed by atoms with Gasteiger partial charge in [0.2, 0.25) is 0 Å². The molecule has 0 saturated heterocycles. The van der Waals surface area contributed by atoms with Crippen molar-refractivity contribution in [3.05, 3.63) is 176 Å². The average Bonchev–Trinajstić information content (AvgIpc) is 3.73. The van der Waals surface area contributed by atoms with Gasteiger partial charge < -0.3 is 13.7 Å². The minimum Gasteiger partial charge on any atom is -0.456 e. The molecule has 3 nitrogen and oxygen atoms in total. The molecule has 0 N–H and O–H groups in total. The topological polar surface area (TPSA) is 29.5 Å². The van der Waals surface area contributed by atoms with Crippen LogP contribution in [0.4, 0.5) is 17.1 Å². The predicted molar refractivity (Wildman–Crippen MR) is 204 cm³/mol. The molecule has 10 aromatic rings. The second kappa shape index (κ2) is 11.0. The number of rotatable bonds is 5. The fourth-order valence-corrected chi connectivity index (χ4v) is 7.33. The number of fused-ring (bicyclic) bond motifs is 7. The molecule has 0 fully saturated rings. The van der Waals surface area contributed by atoms with Crippen molar-refractivity contribution >= 4 is 71.7 Å². The molecule has 0 radical (unpaired) electrons. The van der Waals surface area contributed by atoms with Crippen LogP contribution in [0.2, 0.25) is 0 Å². The molecule has 3 heteroatoms. The molecule has 0 aliphatic rings. The van der Waals surface area contributed by atoms with Crippen LogP contribution in [0.3, 0.4) is 0 Å². The largest absolute Gasteiger partial charge is 0.456 e. The van der Waals surface area contributed by atoms with E-state index in [2.05, 4.69) is 157 Å². The van der Waals surface area contributed by atoms with Gasteiger partial charge in [-0.15, -0.1) is 0 Å². The highest BCUT2D eigenvalue weighted by atomic mass is 16.3. The lowest BCUT2D eigenvalue weighted by Crippen LogP contribution is -2.11. The summed E-state index contributed by atoms with van der Waals surface area (Å²) in [6.07, 6.45) is 0. The van der Waals surface area contributed by atoms with Gasteiger partial charge in [-0.25, -0.2) is 0 Å². The van der Waals surface area contributed by atoms with Crippen LogP contribution >= 0.6 is 0 Å². The van der Waals surface area contributed by atoms with Crippen molar-refractivity contribution in [1.29, 1.82) is 0 Å². The highest BCUT2D eigenvalue weighted by Gasteiger charge is 2.21. The zero-order valence-electron chi connectivity index (χ0n) is 26.5. The Kier molecular flexibility index (Phi) is 6.18. The molecule has 0 aliphatic heterocycles. The van der Waals surface area contributed by atoms with Crippen molar-refractivity contribution in [3.8, 4) is 22.3 Å². The Morgan fingerprint density at radius 1 is 0.347 bits per heavy atom. The van der Waals surface area contributed by atoms with Crippen LogP contribution in [-0.4, -0.2) is 0 Å². The molecule has 0 amide bonds. The number of para-hydroxylation sites is 4. The van der Waals surface area contributed by atoms with E-state index in [1.54, 1.807) is 0 Å². The van der Waals surface area contributed by atoms with Crippen LogP contribution in [0.25, 0.3) is 76.9 Å². The molecule has 2 heterocycles. The van der Waals surface area contributed by atoms with E-state index in [9.17, 15) is 0 Å². The molecule has 2 aromatic heterocycles. The van der Waals surface area contributed by atoms with Gasteiger partial charge in [-0.2, -0.15) is 0 Å². The highest BCUT2D eigenvalue weighted by Crippen LogP contribution is 2.45. The third-order valence-electron chi connectivity index (χ3n) is 9.65. The SMILES string of the molecule is c1cc(-c2ccc3ccccc3c2)cc(N(c2ccc3c(c2)oc2ccccc23)c2ccccc2-c2cccc3c2oc2ccccc23)c1. The molecular formula is C46H29NO2. The van der Waals surface area contributed by atoms with Gasteiger partial charge in [0.25, 0.3) is 0 Å². The van der Waals surface area contributed by atoms with E-state index in [-0.39, 0.29) is 0 Å². The monoisotopic (exact) mass is 627 g/mol. The quantitative estimate of drug-likeness (QED) is 0.190. The standard InChI is InChI=1S/C46H29NO2/c1-2-12-31-27-33(24-23-30(31)11-1)32-13-9-14-34(28-32)47(35-25-26-39-37-16-4-7-21-43(37)48-45(39)29-35)42-20-6-3-15-36(42)40-18-10-19-41-38-17-5-8-22-44(38)49-46(40)41/h1-29H. The maximum Gasteiger partial charge on any atom is 0.143 e. The number of anilines is 3. The normalized spacial score (nSPS) is 11.7. The third-order valence-corrected chi connectivity index (χ3v) is 9.65. The second-order valence-corrected chi connectivity index (χ2v) is 12.5. The molecule has 0 aliphatic carbocycles. The minimum absolute atomic E-state index is 0.853. The van der Waals surface area contributed by atoms with Crippen LogP contribution in [0, 0.1) is 0 Å². The van der Waals surface area contributed by atoms with Crippen molar-refractivity contribution in [3.63, 3.8) is 0 Å². The first kappa shape index (κ1) is 27.5. The predicted octanol–water partition coefficient (Wildman–Crippen LogP) is 13.4. The Morgan fingerprint density at radius 3 is 1.88 bits per heavy atom. The molecule has 0 bridgehead atoms. The molecule has 10 rings (SSSR count). The van der Waals surface area contributed by atoms with Gasteiger partial charge in [0.15, 0.2) is 0 Å². The Morgan fingerprint density at radius 2 is 0.980 bits per heavy atom. The number of hydrogen-bond acceptors (Lipinski definition) is 3. The van der Waals surface area contributed by atoms with Crippen LogP contribution in [0.15, 0.2) is 185 Å². The van der Waals surface area contributed by atoms with Crippen LogP contribution in [0.1, 0.15) is 0 Å². The summed E-state index contributed by atoms with van der Waals surface area (Å²) in [7, 11) is 0. The Hall–Kier alpha value is -6.58. The first-order chi connectivity index (χ1) is 24.3. The summed E-state index contributed by atoms with van der Waals surface area (Å²) >= 11 is 0. The first-order valence-electron chi connectivity index (χ1n) is 16.6. The fourth-order valence-electron chi connectivity index (χ4n) is 7.33. The minimum atomic E-state index is 0.853. The molecule has 0 saturated carbocycles. The zero-order chi connectivity index (χ0) is 32.3. The number of furan rings is 2. The molecule has 0 spiro atoms. The van der Waals surface area contributed by atoms with Crippen LogP contribution < -0.4 is 4.90 Å². The van der Waals surface area contributed by atoms with Gasteiger partial charge in [-0.3, -0.25) is 0 Å². The fraction of sp³-hybridized carbons (Fsp3) is 0. The van der Waals surface area contributed by atoms with Crippen molar-refractivity contribution < 1.29 is 8.83 Å². The van der Waals surface area contributed by atoms with E-state index in [4.69, 9.17) is 8.83 Å². The van der Waals surface area contributed by atoms with E-state index in [0.717, 1.165) is 77.6 Å². The molecular weight excluding hydrogens is 599 g/mol. The van der Waals surface area contributed by atoms with Gasteiger partial charge in [-0.1, -0.05) is 121 Å². The third kappa shape index (κ3) is 4.51. The molecule has 230 valence electrons. The summed E-state index contributed by atoms with van der Waals surface area (Å²) in [5, 5.41) is 6.90. The summed E-state index contributed by atoms with van der Waals surface area (Å²) in [6, 6.07) is 62.1. The zero-order valence-corrected chi connectivity index (χ0v) is 26.5. The highest BCUT2D eigenvalue weighted by molar-refractivity contribution is 6.11. The maximum atomic E-state index is 6.55. The summed E-state index contributed by atoms with van der Waals surface area (Å²) in [5.41, 5.74) is 11.0. The Bertz CT molecular complexity index is 2860. The summed E-state index contributed by atoms with van der Waals surface area (Å²) in [5.74, 6) is 0. The summed E-state index contributed by atoms with van der Waals surface area (Å²) < 4.78 is 13.0. The van der Waals surface area contributed by atoms with Gasteiger partial charge in [0.05, 0.1) is 5.69 Å². The average molecular weight is 628 g/mol. The number of hydrogen-bond donors (Lipinski definition) is 0. The molecule has 8 aromatic carbocycles. The van der Waals surface area contributed by atoms with E-state index in [0.29, 0.717) is 0 Å². The van der Waals surface area contributed by atoms with E-state index >= 15 is 0 Å². The summed E-state index contributed by atoms with van der Waals surface area (Å²) in [4.78, 5) is 2.34. The molecule has 0 atom stereocenters. The van der Waals surface area contributed by atoms with E-state index in [1.165, 1.54) is 16.3 Å². The van der Waals surface area contributed by atoms with Gasteiger partial charge in [-0.05, 0) is 70.4 Å². The lowest BCUT2D eigenvalue weighted by atomic mass is 9.98. The van der Waals surface area contributed by atoms with Gasteiger partial charge >= 0.3 is 0 Å². The van der Waals surface area contributed by atoms with Gasteiger partial charge in [0.1, 0.15) is 22.3 Å². The molecule has 0 unspecified atom stereocenters. The van der Waals surface area contributed by atoms with Crippen LogP contribution in [-0.2, 0) is 0 Å². The second-order valence-electron chi connectivity index (χ2n) is 12.5. The number of nitrogens with zero attached hydrogens (tertiary/aromatic N) is 1. The van der Waals surface area contributed by atoms with Crippen LogP contribution in [0.5, 0.6) is 0 Å². The molecule has 49 heavy (non-hydrogen) atoms. The van der Waals surface area contributed by atoms with Crippen molar-refractivity contribution in [2.45, 2.75) is 0 Å². The number of benzene rings is 8. The maximum absolute atomic E-state index is 6.55. The van der Waals surface area contributed by atoms with Crippen molar-refractivity contribution in [1.82, 2.24) is 0 Å². The lowest BCUT2D eigenvalue weighted by molar-refractivity contribution is 0.669. The lowest BCUT2D eigenvalue weighted by Gasteiger charge is -2.28. The summed E-state index contributed by atoms with van der Waals surface area (Å²) in [6.45, 7) is 0. The van der Waals surface area contributed by atoms with Crippen molar-refractivity contribution in [2.75, 3.05) is 4.90 Å². The Labute approximate surface area is 282 Å².